The van der Waals surface area contributed by atoms with E-state index in [4.69, 9.17) is 0 Å². The van der Waals surface area contributed by atoms with Crippen molar-refractivity contribution in [1.29, 1.82) is 0 Å². The van der Waals surface area contributed by atoms with Gasteiger partial charge in [0.15, 0.2) is 0 Å². The van der Waals surface area contributed by atoms with Crippen molar-refractivity contribution in [3.8, 4) is 0 Å². The van der Waals surface area contributed by atoms with Gasteiger partial charge in [-0.15, -0.1) is 0 Å². The van der Waals surface area contributed by atoms with Crippen molar-refractivity contribution >= 4 is 5.69 Å². The molecule has 19 heavy (non-hydrogen) atoms. The highest BCUT2D eigenvalue weighted by molar-refractivity contribution is 5.57. The first-order valence-corrected chi connectivity index (χ1v) is 7.65. The average molecular weight is 259 g/mol. The molecule has 3 nitrogen and oxygen atoms in total. The minimum absolute atomic E-state index is 1.11. The van der Waals surface area contributed by atoms with Crippen LogP contribution in [0.5, 0.6) is 0 Å². The molecule has 2 aliphatic heterocycles. The Morgan fingerprint density at radius 3 is 2.68 bits per heavy atom. The van der Waals surface area contributed by atoms with E-state index in [-0.39, 0.29) is 0 Å². The SMILES string of the molecule is CCCN1CCN(Cc2ccc3c(c2)NCC3)CC1. The molecule has 3 rings (SSSR count). The van der Waals surface area contributed by atoms with Crippen LogP contribution in [0.2, 0.25) is 0 Å². The first kappa shape index (κ1) is 12.9. The van der Waals surface area contributed by atoms with Crippen LogP contribution in [-0.4, -0.2) is 49.1 Å². The van der Waals surface area contributed by atoms with Gasteiger partial charge >= 0.3 is 0 Å². The summed E-state index contributed by atoms with van der Waals surface area (Å²) < 4.78 is 0. The highest BCUT2D eigenvalue weighted by Gasteiger charge is 2.17. The second-order valence-electron chi connectivity index (χ2n) is 5.79. The number of anilines is 1. The minimum atomic E-state index is 1.11. The lowest BCUT2D eigenvalue weighted by Gasteiger charge is -2.34. The smallest absolute Gasteiger partial charge is 0.0376 e. The molecule has 1 saturated heterocycles. The summed E-state index contributed by atoms with van der Waals surface area (Å²) in [5.41, 5.74) is 4.30. The summed E-state index contributed by atoms with van der Waals surface area (Å²) in [7, 11) is 0. The molecule has 0 unspecified atom stereocenters. The van der Waals surface area contributed by atoms with E-state index in [1.54, 1.807) is 0 Å². The Labute approximate surface area is 116 Å². The van der Waals surface area contributed by atoms with Crippen LogP contribution in [0.1, 0.15) is 24.5 Å². The minimum Gasteiger partial charge on any atom is -0.384 e. The zero-order chi connectivity index (χ0) is 13.1. The van der Waals surface area contributed by atoms with E-state index in [1.807, 2.05) is 0 Å². The van der Waals surface area contributed by atoms with Gasteiger partial charge in [-0.1, -0.05) is 19.1 Å². The Hall–Kier alpha value is -1.06. The second-order valence-corrected chi connectivity index (χ2v) is 5.79. The first-order chi connectivity index (χ1) is 9.35. The molecule has 2 heterocycles. The van der Waals surface area contributed by atoms with E-state index < -0.39 is 0 Å². The zero-order valence-electron chi connectivity index (χ0n) is 12.0. The Balaban J connectivity index is 1.55. The molecule has 1 fully saturated rings. The van der Waals surface area contributed by atoms with E-state index >= 15 is 0 Å². The van der Waals surface area contributed by atoms with Gasteiger partial charge in [0.2, 0.25) is 0 Å². The van der Waals surface area contributed by atoms with Gasteiger partial charge in [-0.2, -0.15) is 0 Å². The predicted molar refractivity (Wildman–Crippen MR) is 80.6 cm³/mol. The Bertz CT molecular complexity index is 422. The summed E-state index contributed by atoms with van der Waals surface area (Å²) in [5.74, 6) is 0. The molecule has 0 aliphatic carbocycles. The van der Waals surface area contributed by atoms with Gasteiger partial charge in [0, 0.05) is 45.0 Å². The van der Waals surface area contributed by atoms with Crippen molar-refractivity contribution in [1.82, 2.24) is 9.80 Å². The van der Waals surface area contributed by atoms with Crippen LogP contribution < -0.4 is 5.32 Å². The zero-order valence-corrected chi connectivity index (χ0v) is 12.0. The summed E-state index contributed by atoms with van der Waals surface area (Å²) in [6.07, 6.45) is 2.46. The molecule has 3 heteroatoms. The fraction of sp³-hybridized carbons (Fsp3) is 0.625. The van der Waals surface area contributed by atoms with Crippen molar-refractivity contribution in [2.45, 2.75) is 26.3 Å². The Morgan fingerprint density at radius 2 is 1.89 bits per heavy atom. The number of rotatable bonds is 4. The van der Waals surface area contributed by atoms with Crippen molar-refractivity contribution in [2.75, 3.05) is 44.6 Å². The number of benzene rings is 1. The van der Waals surface area contributed by atoms with Gasteiger partial charge in [-0.25, -0.2) is 0 Å². The maximum absolute atomic E-state index is 3.47. The van der Waals surface area contributed by atoms with Crippen molar-refractivity contribution in [2.24, 2.45) is 0 Å². The third kappa shape index (κ3) is 3.10. The van der Waals surface area contributed by atoms with Gasteiger partial charge in [0.05, 0.1) is 0 Å². The van der Waals surface area contributed by atoms with Gasteiger partial charge in [0.25, 0.3) is 0 Å². The maximum Gasteiger partial charge on any atom is 0.0376 e. The van der Waals surface area contributed by atoms with E-state index in [9.17, 15) is 0 Å². The van der Waals surface area contributed by atoms with Crippen LogP contribution in [-0.2, 0) is 13.0 Å². The highest BCUT2D eigenvalue weighted by atomic mass is 15.3. The molecule has 0 aromatic heterocycles. The molecular formula is C16H25N3. The average Bonchev–Trinajstić information content (AvgIpc) is 2.89. The molecule has 1 N–H and O–H groups in total. The summed E-state index contributed by atoms with van der Waals surface area (Å²) in [6.45, 7) is 10.6. The van der Waals surface area contributed by atoms with E-state index in [0.29, 0.717) is 0 Å². The second kappa shape index (κ2) is 5.93. The summed E-state index contributed by atoms with van der Waals surface area (Å²) in [4.78, 5) is 5.17. The molecule has 0 radical (unpaired) electrons. The lowest BCUT2D eigenvalue weighted by atomic mass is 10.1. The standard InChI is InChI=1S/C16H25N3/c1-2-7-18-8-10-19(11-9-18)13-14-3-4-15-5-6-17-16(15)12-14/h3-4,12,17H,2,5-11,13H2,1H3. The van der Waals surface area contributed by atoms with E-state index in [2.05, 4.69) is 40.2 Å². The van der Waals surface area contributed by atoms with E-state index in [1.165, 1.54) is 62.4 Å². The fourth-order valence-electron chi connectivity index (χ4n) is 3.18. The molecule has 0 spiro atoms. The molecule has 0 bridgehead atoms. The van der Waals surface area contributed by atoms with Crippen molar-refractivity contribution in [3.63, 3.8) is 0 Å². The molecule has 0 amide bonds. The van der Waals surface area contributed by atoms with Crippen LogP contribution in [0.15, 0.2) is 18.2 Å². The Kier molecular flexibility index (Phi) is 4.04. The van der Waals surface area contributed by atoms with Crippen LogP contribution in [0.3, 0.4) is 0 Å². The monoisotopic (exact) mass is 259 g/mol. The van der Waals surface area contributed by atoms with Crippen LogP contribution in [0.4, 0.5) is 5.69 Å². The molecular weight excluding hydrogens is 234 g/mol. The first-order valence-electron chi connectivity index (χ1n) is 7.65. The third-order valence-corrected chi connectivity index (χ3v) is 4.29. The van der Waals surface area contributed by atoms with Gasteiger partial charge in [-0.05, 0) is 36.6 Å². The molecule has 0 saturated carbocycles. The third-order valence-electron chi connectivity index (χ3n) is 4.29. The summed E-state index contributed by atoms with van der Waals surface area (Å²) >= 11 is 0. The summed E-state index contributed by atoms with van der Waals surface area (Å²) in [6, 6.07) is 6.96. The fourth-order valence-corrected chi connectivity index (χ4v) is 3.18. The van der Waals surface area contributed by atoms with Crippen LogP contribution in [0, 0.1) is 0 Å². The predicted octanol–water partition coefficient (Wildman–Crippen LogP) is 2.18. The molecule has 1 aromatic rings. The van der Waals surface area contributed by atoms with Crippen LogP contribution >= 0.6 is 0 Å². The van der Waals surface area contributed by atoms with Crippen molar-refractivity contribution < 1.29 is 0 Å². The van der Waals surface area contributed by atoms with Crippen molar-refractivity contribution in [3.05, 3.63) is 29.3 Å². The molecule has 0 atom stereocenters. The van der Waals surface area contributed by atoms with Crippen LogP contribution in [0.25, 0.3) is 0 Å². The molecule has 1 aromatic carbocycles. The number of piperazine rings is 1. The normalized spacial score (nSPS) is 20.3. The van der Waals surface area contributed by atoms with E-state index in [0.717, 1.165) is 13.1 Å². The summed E-state index contributed by atoms with van der Waals surface area (Å²) in [5, 5.41) is 3.47. The van der Waals surface area contributed by atoms with Gasteiger partial charge in [-0.3, -0.25) is 4.90 Å². The van der Waals surface area contributed by atoms with Gasteiger partial charge in [0.1, 0.15) is 0 Å². The number of fused-ring (bicyclic) bond motifs is 1. The quantitative estimate of drug-likeness (QED) is 0.894. The van der Waals surface area contributed by atoms with Gasteiger partial charge < -0.3 is 10.2 Å². The molecule has 2 aliphatic rings. The Morgan fingerprint density at radius 1 is 1.11 bits per heavy atom. The highest BCUT2D eigenvalue weighted by Crippen LogP contribution is 2.24. The number of nitrogens with zero attached hydrogens (tertiary/aromatic N) is 2. The topological polar surface area (TPSA) is 18.5 Å². The lowest BCUT2D eigenvalue weighted by Crippen LogP contribution is -2.45. The number of hydrogen-bond donors (Lipinski definition) is 1. The molecule has 104 valence electrons. The number of nitrogens with one attached hydrogen (secondary N) is 1. The largest absolute Gasteiger partial charge is 0.384 e. The maximum atomic E-state index is 3.47. The number of hydrogen-bond acceptors (Lipinski definition) is 3. The lowest BCUT2D eigenvalue weighted by molar-refractivity contribution is 0.127.